The van der Waals surface area contributed by atoms with Crippen LogP contribution in [-0.2, 0) is 6.42 Å². The fraction of sp³-hybridized carbons (Fsp3) is 0.412. The van der Waals surface area contributed by atoms with Crippen LogP contribution in [0.5, 0.6) is 11.5 Å². The molecule has 2 N–H and O–H groups in total. The molecule has 0 unspecified atom stereocenters. The third-order valence-electron chi connectivity index (χ3n) is 3.85. The van der Waals surface area contributed by atoms with Crippen LogP contribution in [0.15, 0.2) is 23.4 Å². The SMILES string of the molecule is CCc1cc(OC)cc(OC)c1C1=CN(C(N)=O)N=C(C)CC1. The van der Waals surface area contributed by atoms with Crippen molar-refractivity contribution in [2.24, 2.45) is 10.8 Å². The fourth-order valence-corrected chi connectivity index (χ4v) is 2.66. The highest BCUT2D eigenvalue weighted by atomic mass is 16.5. The number of amides is 2. The molecule has 0 fully saturated rings. The molecule has 0 bridgehead atoms. The van der Waals surface area contributed by atoms with Gasteiger partial charge in [-0.15, -0.1) is 0 Å². The summed E-state index contributed by atoms with van der Waals surface area (Å²) in [4.78, 5) is 11.6. The lowest BCUT2D eigenvalue weighted by Gasteiger charge is -2.18. The number of benzene rings is 1. The third kappa shape index (κ3) is 3.64. The minimum absolute atomic E-state index is 0.603. The van der Waals surface area contributed by atoms with E-state index in [9.17, 15) is 4.79 Å². The van der Waals surface area contributed by atoms with Crippen molar-refractivity contribution in [2.75, 3.05) is 14.2 Å². The van der Waals surface area contributed by atoms with Gasteiger partial charge in [-0.25, -0.2) is 4.79 Å². The van der Waals surface area contributed by atoms with Crippen LogP contribution in [0.4, 0.5) is 4.79 Å². The molecule has 2 rings (SSSR count). The van der Waals surface area contributed by atoms with Crippen molar-refractivity contribution in [3.8, 4) is 11.5 Å². The molecule has 6 nitrogen and oxygen atoms in total. The number of hydrazone groups is 1. The number of carbonyl (C=O) groups excluding carboxylic acids is 1. The molecule has 1 aliphatic rings. The van der Waals surface area contributed by atoms with Gasteiger partial charge in [-0.3, -0.25) is 0 Å². The first-order chi connectivity index (χ1) is 11.0. The van der Waals surface area contributed by atoms with Crippen molar-refractivity contribution >= 4 is 17.3 Å². The quantitative estimate of drug-likeness (QED) is 0.926. The van der Waals surface area contributed by atoms with Gasteiger partial charge < -0.3 is 15.2 Å². The minimum atomic E-state index is -0.603. The van der Waals surface area contributed by atoms with Crippen LogP contribution in [0.3, 0.4) is 0 Å². The van der Waals surface area contributed by atoms with Gasteiger partial charge in [0.15, 0.2) is 0 Å². The topological polar surface area (TPSA) is 77.1 Å². The molecule has 2 amide bonds. The highest BCUT2D eigenvalue weighted by Crippen LogP contribution is 2.37. The molecule has 0 spiro atoms. The normalized spacial score (nSPS) is 14.7. The Morgan fingerprint density at radius 1 is 1.30 bits per heavy atom. The maximum Gasteiger partial charge on any atom is 0.339 e. The van der Waals surface area contributed by atoms with Gasteiger partial charge in [0, 0.05) is 23.5 Å². The Morgan fingerprint density at radius 3 is 2.61 bits per heavy atom. The molecule has 0 saturated heterocycles. The van der Waals surface area contributed by atoms with Crippen LogP contribution in [0, 0.1) is 0 Å². The molecular formula is C17H23N3O3. The number of allylic oxidation sites excluding steroid dienone is 1. The number of urea groups is 1. The van der Waals surface area contributed by atoms with Crippen LogP contribution in [-0.4, -0.2) is 31.0 Å². The number of aryl methyl sites for hydroxylation is 1. The number of rotatable bonds is 4. The van der Waals surface area contributed by atoms with Crippen LogP contribution < -0.4 is 15.2 Å². The van der Waals surface area contributed by atoms with Crippen molar-refractivity contribution in [1.82, 2.24) is 5.01 Å². The van der Waals surface area contributed by atoms with E-state index in [0.29, 0.717) is 0 Å². The number of carbonyl (C=O) groups is 1. The molecule has 0 aliphatic carbocycles. The predicted molar refractivity (Wildman–Crippen MR) is 90.7 cm³/mol. The smallest absolute Gasteiger partial charge is 0.339 e. The second kappa shape index (κ2) is 7.17. The molecule has 1 aromatic carbocycles. The van der Waals surface area contributed by atoms with Crippen molar-refractivity contribution in [3.05, 3.63) is 29.5 Å². The van der Waals surface area contributed by atoms with E-state index >= 15 is 0 Å². The summed E-state index contributed by atoms with van der Waals surface area (Å²) in [6.45, 7) is 3.96. The number of methoxy groups -OCH3 is 2. The molecule has 1 heterocycles. The summed E-state index contributed by atoms with van der Waals surface area (Å²) >= 11 is 0. The molecular weight excluding hydrogens is 294 g/mol. The van der Waals surface area contributed by atoms with Crippen LogP contribution in [0.25, 0.3) is 5.57 Å². The molecule has 0 saturated carbocycles. The molecule has 23 heavy (non-hydrogen) atoms. The van der Waals surface area contributed by atoms with Gasteiger partial charge in [0.2, 0.25) is 0 Å². The first-order valence-electron chi connectivity index (χ1n) is 7.58. The van der Waals surface area contributed by atoms with Gasteiger partial charge in [0.25, 0.3) is 0 Å². The van der Waals surface area contributed by atoms with E-state index in [1.54, 1.807) is 20.4 Å². The Labute approximate surface area is 136 Å². The van der Waals surface area contributed by atoms with Crippen molar-refractivity contribution in [1.29, 1.82) is 0 Å². The summed E-state index contributed by atoms with van der Waals surface area (Å²) in [6, 6.07) is 3.24. The lowest BCUT2D eigenvalue weighted by atomic mass is 9.93. The van der Waals surface area contributed by atoms with Gasteiger partial charge in [-0.05, 0) is 43.4 Å². The number of hydrogen-bond acceptors (Lipinski definition) is 4. The largest absolute Gasteiger partial charge is 0.497 e. The molecule has 0 radical (unpaired) electrons. The summed E-state index contributed by atoms with van der Waals surface area (Å²) in [7, 11) is 3.26. The summed E-state index contributed by atoms with van der Waals surface area (Å²) in [5, 5.41) is 5.42. The Kier molecular flexibility index (Phi) is 5.26. The van der Waals surface area contributed by atoms with Gasteiger partial charge in [-0.1, -0.05) is 6.92 Å². The second-order valence-electron chi connectivity index (χ2n) is 5.39. The van der Waals surface area contributed by atoms with Crippen LogP contribution >= 0.6 is 0 Å². The van der Waals surface area contributed by atoms with Crippen LogP contribution in [0.2, 0.25) is 0 Å². The van der Waals surface area contributed by atoms with E-state index in [2.05, 4.69) is 12.0 Å². The average Bonchev–Trinajstić information content (AvgIpc) is 2.75. The average molecular weight is 317 g/mol. The molecule has 1 aliphatic heterocycles. The molecule has 0 aromatic heterocycles. The van der Waals surface area contributed by atoms with E-state index in [-0.39, 0.29) is 0 Å². The standard InChI is InChI=1S/C17H23N3O3/c1-5-12-8-14(22-3)9-15(23-4)16(12)13-7-6-11(2)19-20(10-13)17(18)21/h8-10H,5-7H2,1-4H3,(H2,18,21). The molecule has 0 atom stereocenters. The highest BCUT2D eigenvalue weighted by Gasteiger charge is 2.20. The maximum absolute atomic E-state index is 11.6. The van der Waals surface area contributed by atoms with E-state index < -0.39 is 6.03 Å². The number of nitrogens with zero attached hydrogens (tertiary/aromatic N) is 2. The van der Waals surface area contributed by atoms with Crippen molar-refractivity contribution < 1.29 is 14.3 Å². The summed E-state index contributed by atoms with van der Waals surface area (Å²) in [5.41, 5.74) is 9.32. The monoisotopic (exact) mass is 317 g/mol. The van der Waals surface area contributed by atoms with E-state index in [0.717, 1.165) is 53.2 Å². The zero-order valence-electron chi connectivity index (χ0n) is 14.0. The van der Waals surface area contributed by atoms with E-state index in [1.807, 2.05) is 19.1 Å². The second-order valence-corrected chi connectivity index (χ2v) is 5.39. The van der Waals surface area contributed by atoms with Crippen molar-refractivity contribution in [2.45, 2.75) is 33.1 Å². The number of nitrogens with two attached hydrogens (primary N) is 1. The lowest BCUT2D eigenvalue weighted by Crippen LogP contribution is -2.27. The Hall–Kier alpha value is -2.50. The lowest BCUT2D eigenvalue weighted by molar-refractivity contribution is 0.226. The van der Waals surface area contributed by atoms with E-state index in [1.165, 1.54) is 5.01 Å². The maximum atomic E-state index is 11.6. The van der Waals surface area contributed by atoms with Gasteiger partial charge in [0.05, 0.1) is 14.2 Å². The van der Waals surface area contributed by atoms with Crippen molar-refractivity contribution in [3.63, 3.8) is 0 Å². The zero-order valence-corrected chi connectivity index (χ0v) is 14.0. The van der Waals surface area contributed by atoms with Crippen LogP contribution in [0.1, 0.15) is 37.8 Å². The minimum Gasteiger partial charge on any atom is -0.497 e. The summed E-state index contributed by atoms with van der Waals surface area (Å²) < 4.78 is 10.9. The van der Waals surface area contributed by atoms with Gasteiger partial charge in [-0.2, -0.15) is 10.1 Å². The Morgan fingerprint density at radius 2 is 2.04 bits per heavy atom. The van der Waals surface area contributed by atoms with Gasteiger partial charge in [0.1, 0.15) is 11.5 Å². The molecule has 124 valence electrons. The predicted octanol–water partition coefficient (Wildman–Crippen LogP) is 3.16. The van der Waals surface area contributed by atoms with E-state index in [4.69, 9.17) is 15.2 Å². The fourth-order valence-electron chi connectivity index (χ4n) is 2.66. The van der Waals surface area contributed by atoms with Gasteiger partial charge >= 0.3 is 6.03 Å². The zero-order chi connectivity index (χ0) is 17.0. The number of hydrogen-bond donors (Lipinski definition) is 1. The third-order valence-corrected chi connectivity index (χ3v) is 3.85. The summed E-state index contributed by atoms with van der Waals surface area (Å²) in [6.07, 6.45) is 4.03. The molecule has 1 aromatic rings. The number of ether oxygens (including phenoxy) is 2. The Bertz CT molecular complexity index is 640. The Balaban J connectivity index is 2.58. The number of primary amides is 1. The molecule has 6 heteroatoms. The highest BCUT2D eigenvalue weighted by molar-refractivity contribution is 5.88. The first-order valence-corrected chi connectivity index (χ1v) is 7.58. The summed E-state index contributed by atoms with van der Waals surface area (Å²) in [5.74, 6) is 1.47. The first kappa shape index (κ1) is 16.9.